The topological polar surface area (TPSA) is 130 Å². The lowest BCUT2D eigenvalue weighted by atomic mass is 10.0. The Hall–Kier alpha value is -5.60. The van der Waals surface area contributed by atoms with Gasteiger partial charge in [0.05, 0.1) is 61.0 Å². The van der Waals surface area contributed by atoms with E-state index in [4.69, 9.17) is 9.47 Å². The Morgan fingerprint density at radius 1 is 0.558 bits per heavy atom. The number of ether oxygens (including phenoxy) is 2. The first kappa shape index (κ1) is 34.8. The predicted octanol–water partition coefficient (Wildman–Crippen LogP) is 6.16. The largest absolute Gasteiger partial charge is 0.467 e. The first-order valence-electron chi connectivity index (χ1n) is 17.3. The molecule has 0 saturated carbocycles. The van der Waals surface area contributed by atoms with Crippen molar-refractivity contribution < 1.29 is 18.3 Å². The number of aromatic nitrogens is 8. The Morgan fingerprint density at radius 2 is 0.942 bits per heavy atom. The molecular weight excluding hydrogens is 666 g/mol. The molecule has 14 heteroatoms. The second-order valence-corrected chi connectivity index (χ2v) is 12.5. The van der Waals surface area contributed by atoms with Crippen LogP contribution in [0, 0.1) is 11.6 Å². The number of nitrogens with one attached hydrogen (secondary N) is 2. The summed E-state index contributed by atoms with van der Waals surface area (Å²) in [6, 6.07) is 17.8. The van der Waals surface area contributed by atoms with Gasteiger partial charge in [0.1, 0.15) is 11.6 Å². The van der Waals surface area contributed by atoms with Crippen LogP contribution >= 0.6 is 0 Å². The highest BCUT2D eigenvalue weighted by atomic mass is 19.1. The predicted molar refractivity (Wildman–Crippen MR) is 193 cm³/mol. The molecule has 0 amide bonds. The van der Waals surface area contributed by atoms with E-state index in [0.717, 1.165) is 97.2 Å². The molecule has 0 unspecified atom stereocenters. The number of halogens is 2. The van der Waals surface area contributed by atoms with Crippen LogP contribution < -0.4 is 20.1 Å². The molecule has 6 heterocycles. The highest BCUT2D eigenvalue weighted by molar-refractivity contribution is 5.78. The maximum absolute atomic E-state index is 13.4. The molecule has 0 radical (unpaired) electrons. The Balaban J connectivity index is 0.000000162. The fraction of sp³-hybridized carbons (Fsp3) is 0.316. The van der Waals surface area contributed by atoms with Crippen LogP contribution in [-0.2, 0) is 0 Å². The number of methoxy groups -OCH3 is 2. The van der Waals surface area contributed by atoms with E-state index in [-0.39, 0.29) is 11.6 Å². The van der Waals surface area contributed by atoms with Crippen molar-refractivity contribution in [1.29, 1.82) is 0 Å². The van der Waals surface area contributed by atoms with Gasteiger partial charge in [0.15, 0.2) is 0 Å². The van der Waals surface area contributed by atoms with Gasteiger partial charge in [0, 0.05) is 35.6 Å². The van der Waals surface area contributed by atoms with E-state index in [1.165, 1.54) is 24.3 Å². The summed E-state index contributed by atoms with van der Waals surface area (Å²) in [5.74, 6) is -0.534. The SMILES string of the molecule is COc1nccc(-c2c(-c3ccc(F)cc3)ncn2C2CCNCC2)n1.COc1nccc(-c2c(-c3ccc(F)cc3)ncn2C2CCNCC2)n1. The monoisotopic (exact) mass is 706 g/mol. The summed E-state index contributed by atoms with van der Waals surface area (Å²) in [6.07, 6.45) is 11.2. The van der Waals surface area contributed by atoms with Gasteiger partial charge >= 0.3 is 12.0 Å². The third-order valence-corrected chi connectivity index (χ3v) is 9.34. The molecule has 0 aliphatic carbocycles. The molecule has 0 bridgehead atoms. The number of imidazole rings is 2. The van der Waals surface area contributed by atoms with Gasteiger partial charge < -0.3 is 29.2 Å². The minimum absolute atomic E-state index is 0.267. The lowest BCUT2D eigenvalue weighted by Crippen LogP contribution is -2.29. The number of nitrogens with zero attached hydrogens (tertiary/aromatic N) is 8. The van der Waals surface area contributed by atoms with Crippen LogP contribution in [0.15, 0.2) is 85.7 Å². The van der Waals surface area contributed by atoms with Crippen LogP contribution in [0.2, 0.25) is 0 Å². The molecule has 6 aromatic rings. The zero-order valence-electron chi connectivity index (χ0n) is 29.0. The Kier molecular flexibility index (Phi) is 10.8. The van der Waals surface area contributed by atoms with Crippen molar-refractivity contribution in [2.75, 3.05) is 40.4 Å². The summed E-state index contributed by atoms with van der Waals surface area (Å²) >= 11 is 0. The lowest BCUT2D eigenvalue weighted by Gasteiger charge is -2.25. The van der Waals surface area contributed by atoms with Crippen LogP contribution in [0.4, 0.5) is 8.78 Å². The fourth-order valence-corrected chi connectivity index (χ4v) is 6.73. The number of hydrogen-bond donors (Lipinski definition) is 2. The van der Waals surface area contributed by atoms with Gasteiger partial charge in [0.2, 0.25) is 0 Å². The highest BCUT2D eigenvalue weighted by Gasteiger charge is 2.25. The number of rotatable bonds is 8. The summed E-state index contributed by atoms with van der Waals surface area (Å²) in [7, 11) is 3.09. The first-order chi connectivity index (χ1) is 25.5. The van der Waals surface area contributed by atoms with Crippen LogP contribution in [0.5, 0.6) is 12.0 Å². The van der Waals surface area contributed by atoms with Crippen molar-refractivity contribution in [3.05, 3.63) is 97.3 Å². The lowest BCUT2D eigenvalue weighted by molar-refractivity contribution is 0.368. The van der Waals surface area contributed by atoms with Gasteiger partial charge in [-0.3, -0.25) is 0 Å². The Morgan fingerprint density at radius 3 is 1.31 bits per heavy atom. The maximum Gasteiger partial charge on any atom is 0.316 e. The van der Waals surface area contributed by atoms with Gasteiger partial charge in [-0.15, -0.1) is 0 Å². The zero-order valence-corrected chi connectivity index (χ0v) is 29.0. The van der Waals surface area contributed by atoms with Gasteiger partial charge in [-0.1, -0.05) is 0 Å². The molecule has 8 rings (SSSR count). The third-order valence-electron chi connectivity index (χ3n) is 9.34. The zero-order chi connectivity index (χ0) is 35.9. The van der Waals surface area contributed by atoms with Crippen LogP contribution in [0.25, 0.3) is 45.3 Å². The molecule has 2 fully saturated rings. The van der Waals surface area contributed by atoms with E-state index in [1.807, 2.05) is 24.8 Å². The van der Waals surface area contributed by atoms with Crippen molar-refractivity contribution in [1.82, 2.24) is 49.7 Å². The first-order valence-corrected chi connectivity index (χ1v) is 17.3. The summed E-state index contributed by atoms with van der Waals surface area (Å²) in [5.41, 5.74) is 6.57. The third kappa shape index (κ3) is 7.67. The molecule has 2 N–H and O–H groups in total. The molecule has 12 nitrogen and oxygen atoms in total. The van der Waals surface area contributed by atoms with E-state index >= 15 is 0 Å². The highest BCUT2D eigenvalue weighted by Crippen LogP contribution is 2.36. The standard InChI is InChI=1S/2C19H20FN5O/c2*1-26-19-22-11-8-16(24-19)18-17(13-2-4-14(20)5-3-13)23-12-25(18)15-6-9-21-10-7-15/h2*2-5,8,11-12,15,21H,6-7,9-10H2,1H3. The molecule has 4 aromatic heterocycles. The van der Waals surface area contributed by atoms with E-state index in [0.29, 0.717) is 24.1 Å². The summed E-state index contributed by atoms with van der Waals surface area (Å²) in [6.45, 7) is 3.89. The minimum atomic E-state index is -0.267. The normalized spacial score (nSPS) is 15.2. The van der Waals surface area contributed by atoms with E-state index in [9.17, 15) is 8.78 Å². The maximum atomic E-state index is 13.4. The number of piperidine rings is 2. The second-order valence-electron chi connectivity index (χ2n) is 12.5. The molecule has 0 spiro atoms. The average Bonchev–Trinajstić information content (AvgIpc) is 3.86. The number of hydrogen-bond acceptors (Lipinski definition) is 10. The van der Waals surface area contributed by atoms with E-state index in [2.05, 4.69) is 49.7 Å². The van der Waals surface area contributed by atoms with Crippen molar-refractivity contribution in [3.8, 4) is 57.3 Å². The quantitative estimate of drug-likeness (QED) is 0.190. The molecule has 0 atom stereocenters. The summed E-state index contributed by atoms with van der Waals surface area (Å²) in [5, 5.41) is 6.77. The molecule has 52 heavy (non-hydrogen) atoms. The van der Waals surface area contributed by atoms with Gasteiger partial charge in [-0.25, -0.2) is 28.7 Å². The van der Waals surface area contributed by atoms with Crippen molar-refractivity contribution in [2.45, 2.75) is 37.8 Å². The van der Waals surface area contributed by atoms with Crippen LogP contribution in [0.1, 0.15) is 37.8 Å². The smallest absolute Gasteiger partial charge is 0.316 e. The fourth-order valence-electron chi connectivity index (χ4n) is 6.73. The molecule has 2 aromatic carbocycles. The molecule has 268 valence electrons. The average molecular weight is 707 g/mol. The van der Waals surface area contributed by atoms with E-state index in [1.54, 1.807) is 50.9 Å². The molecule has 2 aliphatic rings. The molecular formula is C38H40F2N10O2. The van der Waals surface area contributed by atoms with E-state index < -0.39 is 0 Å². The van der Waals surface area contributed by atoms with Crippen LogP contribution in [-0.4, -0.2) is 79.4 Å². The molecule has 2 saturated heterocycles. The van der Waals surface area contributed by atoms with Crippen molar-refractivity contribution in [3.63, 3.8) is 0 Å². The van der Waals surface area contributed by atoms with Gasteiger partial charge in [-0.05, 0) is 113 Å². The van der Waals surface area contributed by atoms with Crippen LogP contribution in [0.3, 0.4) is 0 Å². The van der Waals surface area contributed by atoms with Crippen molar-refractivity contribution >= 4 is 0 Å². The summed E-state index contributed by atoms with van der Waals surface area (Å²) < 4.78 is 41.4. The Bertz CT molecular complexity index is 1920. The Labute approximate surface area is 300 Å². The minimum Gasteiger partial charge on any atom is -0.467 e. The second kappa shape index (κ2) is 16.2. The summed E-state index contributed by atoms with van der Waals surface area (Å²) in [4.78, 5) is 26.5. The van der Waals surface area contributed by atoms with Crippen molar-refractivity contribution in [2.24, 2.45) is 0 Å². The van der Waals surface area contributed by atoms with Gasteiger partial charge in [-0.2, -0.15) is 9.97 Å². The van der Waals surface area contributed by atoms with Gasteiger partial charge in [0.25, 0.3) is 0 Å². The number of benzene rings is 2. The molecule has 2 aliphatic heterocycles.